The lowest BCUT2D eigenvalue weighted by Gasteiger charge is -2.28. The molecule has 1 aromatic carbocycles. The second kappa shape index (κ2) is 8.64. The van der Waals surface area contributed by atoms with Crippen molar-refractivity contribution in [3.05, 3.63) is 57.5 Å². The Bertz CT molecular complexity index is 1340. The van der Waals surface area contributed by atoms with Crippen LogP contribution in [0.5, 0.6) is 0 Å². The van der Waals surface area contributed by atoms with Gasteiger partial charge >= 0.3 is 0 Å². The van der Waals surface area contributed by atoms with Gasteiger partial charge in [-0.3, -0.25) is 14.2 Å². The molecule has 1 saturated carbocycles. The highest BCUT2D eigenvalue weighted by Gasteiger charge is 2.23. The van der Waals surface area contributed by atoms with E-state index in [2.05, 4.69) is 15.3 Å². The van der Waals surface area contributed by atoms with Gasteiger partial charge in [0.15, 0.2) is 0 Å². The maximum absolute atomic E-state index is 12.9. The number of aromatic nitrogens is 3. The minimum absolute atomic E-state index is 0.0457. The highest BCUT2D eigenvalue weighted by Crippen LogP contribution is 2.31. The number of fused-ring (bicyclic) bond motifs is 2. The molecule has 0 bridgehead atoms. The van der Waals surface area contributed by atoms with Crippen LogP contribution < -0.4 is 10.9 Å². The lowest BCUT2D eigenvalue weighted by molar-refractivity contribution is -0.135. The van der Waals surface area contributed by atoms with Crippen LogP contribution in [-0.4, -0.2) is 43.6 Å². The lowest BCUT2D eigenvalue weighted by Crippen LogP contribution is -2.37. The second-order valence-electron chi connectivity index (χ2n) is 8.59. The van der Waals surface area contributed by atoms with Gasteiger partial charge in [-0.2, -0.15) is 10.2 Å². The summed E-state index contributed by atoms with van der Waals surface area (Å²) in [6.07, 6.45) is 6.26. The summed E-state index contributed by atoms with van der Waals surface area (Å²) < 4.78 is 1.67. The third kappa shape index (κ3) is 3.94. The van der Waals surface area contributed by atoms with E-state index in [1.807, 2.05) is 24.3 Å². The van der Waals surface area contributed by atoms with E-state index in [0.717, 1.165) is 42.5 Å². The fourth-order valence-electron chi connectivity index (χ4n) is 4.83. The average Bonchev–Trinajstić information content (AvgIpc) is 3.37. The summed E-state index contributed by atoms with van der Waals surface area (Å²) in [5.74, 6) is 0.117. The van der Waals surface area contributed by atoms with Crippen LogP contribution in [0.1, 0.15) is 48.4 Å². The van der Waals surface area contributed by atoms with Gasteiger partial charge in [0.1, 0.15) is 23.9 Å². The first-order valence-electron chi connectivity index (χ1n) is 11.2. The maximum atomic E-state index is 12.9. The molecule has 2 N–H and O–H groups in total. The Morgan fingerprint density at radius 1 is 1.24 bits per heavy atom. The number of nitrogens with zero attached hydrogens (tertiary/aromatic N) is 5. The number of anilines is 2. The van der Waals surface area contributed by atoms with Gasteiger partial charge in [0, 0.05) is 36.4 Å². The van der Waals surface area contributed by atoms with Crippen LogP contribution in [0.2, 0.25) is 0 Å². The second-order valence-corrected chi connectivity index (χ2v) is 8.59. The molecule has 9 nitrogen and oxygen atoms in total. The quantitative estimate of drug-likeness (QED) is 0.633. The summed E-state index contributed by atoms with van der Waals surface area (Å²) in [5, 5.41) is 22.4. The van der Waals surface area contributed by atoms with Crippen molar-refractivity contribution in [1.82, 2.24) is 19.4 Å². The number of aliphatic hydroxyl groups excluding tert-OH is 1. The highest BCUT2D eigenvalue weighted by atomic mass is 16.3. The minimum Gasteiger partial charge on any atom is -0.387 e. The molecule has 1 fully saturated rings. The normalized spacial score (nSPS) is 15.9. The zero-order valence-corrected chi connectivity index (χ0v) is 18.1. The van der Waals surface area contributed by atoms with Crippen LogP contribution in [-0.2, 0) is 17.8 Å². The van der Waals surface area contributed by atoms with Crippen molar-refractivity contribution in [3.63, 3.8) is 0 Å². The molecular weight excluding hydrogens is 420 g/mol. The van der Waals surface area contributed by atoms with Gasteiger partial charge in [0.05, 0.1) is 0 Å². The van der Waals surface area contributed by atoms with Crippen LogP contribution in [0.15, 0.2) is 35.3 Å². The molecule has 3 heterocycles. The SMILES string of the molecule is N#Cc1cc2cnc(Nc3ccc4c(c3)CCN(C(=O)CO)C4)nc2n(C2CCCC2)c1=O. The van der Waals surface area contributed by atoms with Crippen molar-refractivity contribution >= 4 is 28.6 Å². The van der Waals surface area contributed by atoms with Crippen LogP contribution in [0.4, 0.5) is 11.6 Å². The monoisotopic (exact) mass is 444 g/mol. The maximum Gasteiger partial charge on any atom is 0.270 e. The van der Waals surface area contributed by atoms with Crippen molar-refractivity contribution in [2.75, 3.05) is 18.5 Å². The lowest BCUT2D eigenvalue weighted by atomic mass is 9.99. The van der Waals surface area contributed by atoms with Gasteiger partial charge in [-0.05, 0) is 48.6 Å². The molecule has 168 valence electrons. The van der Waals surface area contributed by atoms with Crippen molar-refractivity contribution in [2.24, 2.45) is 0 Å². The summed E-state index contributed by atoms with van der Waals surface area (Å²) in [4.78, 5) is 35.4. The van der Waals surface area contributed by atoms with Crippen LogP contribution in [0, 0.1) is 11.3 Å². The molecule has 1 amide bonds. The first-order chi connectivity index (χ1) is 16.1. The molecule has 0 radical (unpaired) electrons. The number of rotatable bonds is 4. The molecule has 0 spiro atoms. The number of hydrogen-bond donors (Lipinski definition) is 2. The zero-order chi connectivity index (χ0) is 22.9. The number of aliphatic hydroxyl groups is 1. The predicted molar refractivity (Wildman–Crippen MR) is 122 cm³/mol. The fourth-order valence-corrected chi connectivity index (χ4v) is 4.83. The minimum atomic E-state index is -0.476. The standard InChI is InChI=1S/C24H24N6O3/c25-11-17-9-18-12-26-24(28-22(18)30(23(17)33)20-3-1-2-4-20)27-19-6-5-16-13-29(21(32)14-31)8-7-15(16)10-19/h5-6,9-10,12,20,31H,1-4,7-8,13-14H2,(H,26,27,28). The molecule has 2 aromatic heterocycles. The molecule has 3 aromatic rings. The van der Waals surface area contributed by atoms with E-state index < -0.39 is 6.61 Å². The Balaban J connectivity index is 1.47. The van der Waals surface area contributed by atoms with Crippen molar-refractivity contribution in [2.45, 2.75) is 44.7 Å². The third-order valence-electron chi connectivity index (χ3n) is 6.55. The molecule has 0 atom stereocenters. The van der Waals surface area contributed by atoms with Gasteiger partial charge in [-0.25, -0.2) is 4.98 Å². The molecule has 0 unspecified atom stereocenters. The van der Waals surface area contributed by atoms with E-state index in [9.17, 15) is 14.9 Å². The molecule has 1 aliphatic carbocycles. The highest BCUT2D eigenvalue weighted by molar-refractivity contribution is 5.78. The Labute approximate surface area is 190 Å². The van der Waals surface area contributed by atoms with Crippen LogP contribution in [0.25, 0.3) is 11.0 Å². The van der Waals surface area contributed by atoms with Crippen LogP contribution >= 0.6 is 0 Å². The van der Waals surface area contributed by atoms with E-state index in [1.54, 1.807) is 21.7 Å². The number of nitriles is 1. The van der Waals surface area contributed by atoms with Crippen LogP contribution in [0.3, 0.4) is 0 Å². The van der Waals surface area contributed by atoms with Crippen molar-refractivity contribution in [3.8, 4) is 6.07 Å². The van der Waals surface area contributed by atoms with Crippen molar-refractivity contribution < 1.29 is 9.90 Å². The summed E-state index contributed by atoms with van der Waals surface area (Å²) in [6, 6.07) is 9.50. The van der Waals surface area contributed by atoms with Gasteiger partial charge < -0.3 is 15.3 Å². The smallest absolute Gasteiger partial charge is 0.270 e. The third-order valence-corrected chi connectivity index (χ3v) is 6.55. The van der Waals surface area contributed by atoms with Gasteiger partial charge in [0.25, 0.3) is 5.56 Å². The van der Waals surface area contributed by atoms with E-state index in [4.69, 9.17) is 5.11 Å². The molecule has 33 heavy (non-hydrogen) atoms. The Morgan fingerprint density at radius 3 is 2.82 bits per heavy atom. The average molecular weight is 444 g/mol. The molecule has 0 saturated heterocycles. The first-order valence-corrected chi connectivity index (χ1v) is 11.2. The molecule has 5 rings (SSSR count). The molecule has 9 heteroatoms. The largest absolute Gasteiger partial charge is 0.387 e. The van der Waals surface area contributed by atoms with E-state index in [-0.39, 0.29) is 23.1 Å². The predicted octanol–water partition coefficient (Wildman–Crippen LogP) is 2.40. The summed E-state index contributed by atoms with van der Waals surface area (Å²) >= 11 is 0. The van der Waals surface area contributed by atoms with E-state index in [1.165, 1.54) is 0 Å². The Kier molecular flexibility index (Phi) is 5.52. The van der Waals surface area contributed by atoms with Gasteiger partial charge in [0.2, 0.25) is 11.9 Å². The number of carbonyl (C=O) groups is 1. The Morgan fingerprint density at radius 2 is 2.06 bits per heavy atom. The van der Waals surface area contributed by atoms with E-state index >= 15 is 0 Å². The number of pyridine rings is 1. The number of nitrogens with one attached hydrogen (secondary N) is 1. The van der Waals surface area contributed by atoms with Crippen molar-refractivity contribution in [1.29, 1.82) is 5.26 Å². The van der Waals surface area contributed by atoms with Gasteiger partial charge in [-0.15, -0.1) is 0 Å². The number of carbonyl (C=O) groups excluding carboxylic acids is 1. The fraction of sp³-hybridized carbons (Fsp3) is 0.375. The molecule has 2 aliphatic rings. The molecular formula is C24H24N6O3. The molecule has 1 aliphatic heterocycles. The van der Waals surface area contributed by atoms with E-state index in [0.29, 0.717) is 36.5 Å². The summed E-state index contributed by atoms with van der Waals surface area (Å²) in [5.41, 5.74) is 3.36. The topological polar surface area (TPSA) is 124 Å². The Hall–Kier alpha value is -3.77. The zero-order valence-electron chi connectivity index (χ0n) is 18.1. The number of amides is 1. The summed E-state index contributed by atoms with van der Waals surface area (Å²) in [6.45, 7) is 0.573. The first kappa shape index (κ1) is 21.1. The number of hydrogen-bond acceptors (Lipinski definition) is 7. The number of benzene rings is 1. The summed E-state index contributed by atoms with van der Waals surface area (Å²) in [7, 11) is 0. The van der Waals surface area contributed by atoms with Gasteiger partial charge in [-0.1, -0.05) is 18.9 Å².